The lowest BCUT2D eigenvalue weighted by Gasteiger charge is -2.14. The van der Waals surface area contributed by atoms with Crippen LogP contribution in [0.4, 0.5) is 5.69 Å². The van der Waals surface area contributed by atoms with E-state index in [0.717, 1.165) is 6.42 Å². The highest BCUT2D eigenvalue weighted by Crippen LogP contribution is 2.22. The van der Waals surface area contributed by atoms with Gasteiger partial charge in [0.05, 0.1) is 18.4 Å². The molecule has 0 fully saturated rings. The third-order valence-corrected chi connectivity index (χ3v) is 3.02. The Morgan fingerprint density at radius 1 is 1.37 bits per heavy atom. The van der Waals surface area contributed by atoms with E-state index in [9.17, 15) is 9.59 Å². The Morgan fingerprint density at radius 3 is 2.58 bits per heavy atom. The molecule has 0 aliphatic heterocycles. The maximum absolute atomic E-state index is 11.9. The van der Waals surface area contributed by atoms with Crippen LogP contribution in [0.2, 0.25) is 0 Å². The molecule has 19 heavy (non-hydrogen) atoms. The summed E-state index contributed by atoms with van der Waals surface area (Å²) in [6, 6.07) is 4.98. The van der Waals surface area contributed by atoms with Gasteiger partial charge in [-0.2, -0.15) is 0 Å². The van der Waals surface area contributed by atoms with Crippen LogP contribution >= 0.6 is 0 Å². The van der Waals surface area contributed by atoms with Gasteiger partial charge in [0.1, 0.15) is 5.75 Å². The number of rotatable bonds is 5. The Bertz CT molecular complexity index is 472. The molecular weight excluding hydrogens is 244 g/mol. The van der Waals surface area contributed by atoms with Crippen molar-refractivity contribution < 1.29 is 14.3 Å². The Kier molecular flexibility index (Phi) is 5.36. The molecule has 5 heteroatoms. The summed E-state index contributed by atoms with van der Waals surface area (Å²) in [6.45, 7) is 3.79. The molecule has 5 nitrogen and oxygen atoms in total. The van der Waals surface area contributed by atoms with E-state index < -0.39 is 0 Å². The quantitative estimate of drug-likeness (QED) is 0.855. The number of ether oxygens (including phenoxy) is 1. The molecule has 0 saturated heterocycles. The highest BCUT2D eigenvalue weighted by molar-refractivity contribution is 6.04. The number of amides is 2. The van der Waals surface area contributed by atoms with Crippen molar-refractivity contribution in [2.45, 2.75) is 20.3 Å². The first-order chi connectivity index (χ1) is 9.03. The molecule has 1 aromatic carbocycles. The number of hydrogen-bond acceptors (Lipinski definition) is 3. The largest absolute Gasteiger partial charge is 0.497 e. The van der Waals surface area contributed by atoms with Crippen molar-refractivity contribution in [3.8, 4) is 5.75 Å². The van der Waals surface area contributed by atoms with Crippen LogP contribution in [0.25, 0.3) is 0 Å². The lowest BCUT2D eigenvalue weighted by atomic mass is 10.1. The van der Waals surface area contributed by atoms with E-state index in [1.54, 1.807) is 25.2 Å². The minimum Gasteiger partial charge on any atom is -0.497 e. The van der Waals surface area contributed by atoms with E-state index in [-0.39, 0.29) is 17.7 Å². The fraction of sp³-hybridized carbons (Fsp3) is 0.429. The van der Waals surface area contributed by atoms with Crippen molar-refractivity contribution in [1.82, 2.24) is 5.32 Å². The molecule has 0 bridgehead atoms. The number of benzene rings is 1. The molecule has 0 aromatic heterocycles. The zero-order valence-corrected chi connectivity index (χ0v) is 11.7. The average Bonchev–Trinajstić information content (AvgIpc) is 2.45. The third kappa shape index (κ3) is 3.71. The molecule has 0 radical (unpaired) electrons. The van der Waals surface area contributed by atoms with Gasteiger partial charge in [0, 0.05) is 13.0 Å². The standard InChI is InChI=1S/C14H20N2O3/c1-5-9(2)13(17)16-12-7-6-10(19-4)8-11(12)14(18)15-3/h6-9H,5H2,1-4H3,(H,15,18)(H,16,17). The van der Waals surface area contributed by atoms with Gasteiger partial charge < -0.3 is 15.4 Å². The molecule has 1 atom stereocenters. The van der Waals surface area contributed by atoms with Crippen LogP contribution < -0.4 is 15.4 Å². The maximum atomic E-state index is 11.9. The number of nitrogens with one attached hydrogen (secondary N) is 2. The smallest absolute Gasteiger partial charge is 0.253 e. The van der Waals surface area contributed by atoms with Crippen LogP contribution in [0.3, 0.4) is 0 Å². The molecule has 104 valence electrons. The molecular formula is C14H20N2O3. The van der Waals surface area contributed by atoms with E-state index in [0.29, 0.717) is 17.0 Å². The summed E-state index contributed by atoms with van der Waals surface area (Å²) in [7, 11) is 3.07. The maximum Gasteiger partial charge on any atom is 0.253 e. The Morgan fingerprint density at radius 2 is 2.05 bits per heavy atom. The fourth-order valence-electron chi connectivity index (χ4n) is 1.52. The topological polar surface area (TPSA) is 67.4 Å². The lowest BCUT2D eigenvalue weighted by Crippen LogP contribution is -2.24. The van der Waals surface area contributed by atoms with Crippen molar-refractivity contribution in [3.63, 3.8) is 0 Å². The molecule has 1 rings (SSSR count). The minimum atomic E-state index is -0.265. The summed E-state index contributed by atoms with van der Waals surface area (Å²) in [5, 5.41) is 5.32. The van der Waals surface area contributed by atoms with Crippen LogP contribution in [0.15, 0.2) is 18.2 Å². The lowest BCUT2D eigenvalue weighted by molar-refractivity contribution is -0.119. The molecule has 0 aliphatic rings. The highest BCUT2D eigenvalue weighted by atomic mass is 16.5. The molecule has 0 saturated carbocycles. The number of anilines is 1. The summed E-state index contributed by atoms with van der Waals surface area (Å²) < 4.78 is 5.09. The monoisotopic (exact) mass is 264 g/mol. The van der Waals surface area contributed by atoms with E-state index in [2.05, 4.69) is 10.6 Å². The van der Waals surface area contributed by atoms with Crippen LogP contribution in [-0.2, 0) is 4.79 Å². The van der Waals surface area contributed by atoms with Gasteiger partial charge >= 0.3 is 0 Å². The third-order valence-electron chi connectivity index (χ3n) is 3.02. The van der Waals surface area contributed by atoms with Gasteiger partial charge in [0.15, 0.2) is 0 Å². The molecule has 2 N–H and O–H groups in total. The zero-order valence-electron chi connectivity index (χ0n) is 11.7. The van der Waals surface area contributed by atoms with Gasteiger partial charge in [-0.05, 0) is 24.6 Å². The molecule has 0 spiro atoms. The van der Waals surface area contributed by atoms with Gasteiger partial charge in [-0.25, -0.2) is 0 Å². The number of hydrogen-bond donors (Lipinski definition) is 2. The van der Waals surface area contributed by atoms with E-state index in [1.165, 1.54) is 7.11 Å². The first-order valence-electron chi connectivity index (χ1n) is 6.24. The highest BCUT2D eigenvalue weighted by Gasteiger charge is 2.16. The van der Waals surface area contributed by atoms with E-state index in [1.807, 2.05) is 13.8 Å². The number of carbonyl (C=O) groups excluding carboxylic acids is 2. The summed E-state index contributed by atoms with van der Waals surface area (Å²) in [6.07, 6.45) is 0.747. The van der Waals surface area contributed by atoms with Crippen LogP contribution in [-0.4, -0.2) is 26.0 Å². The van der Waals surface area contributed by atoms with Gasteiger partial charge in [-0.3, -0.25) is 9.59 Å². The summed E-state index contributed by atoms with van der Waals surface area (Å²) in [4.78, 5) is 23.7. The second-order valence-electron chi connectivity index (χ2n) is 4.29. The summed E-state index contributed by atoms with van der Waals surface area (Å²) in [5.41, 5.74) is 0.879. The van der Waals surface area contributed by atoms with Crippen LogP contribution in [0, 0.1) is 5.92 Å². The average molecular weight is 264 g/mol. The predicted octanol–water partition coefficient (Wildman–Crippen LogP) is 2.04. The Labute approximate surface area is 113 Å². The Balaban J connectivity index is 3.05. The second-order valence-corrected chi connectivity index (χ2v) is 4.29. The minimum absolute atomic E-state index is 0.0976. The first kappa shape index (κ1) is 15.0. The van der Waals surface area contributed by atoms with Gasteiger partial charge in [-0.15, -0.1) is 0 Å². The van der Waals surface area contributed by atoms with Crippen molar-refractivity contribution in [2.75, 3.05) is 19.5 Å². The number of carbonyl (C=O) groups is 2. The second kappa shape index (κ2) is 6.78. The van der Waals surface area contributed by atoms with Gasteiger partial charge in [0.2, 0.25) is 5.91 Å². The predicted molar refractivity (Wildman–Crippen MR) is 74.5 cm³/mol. The van der Waals surface area contributed by atoms with E-state index >= 15 is 0 Å². The molecule has 0 heterocycles. The summed E-state index contributed by atoms with van der Waals surface area (Å²) >= 11 is 0. The van der Waals surface area contributed by atoms with Gasteiger partial charge in [-0.1, -0.05) is 13.8 Å². The molecule has 1 unspecified atom stereocenters. The number of methoxy groups -OCH3 is 1. The molecule has 0 aliphatic carbocycles. The zero-order chi connectivity index (χ0) is 14.4. The van der Waals surface area contributed by atoms with Gasteiger partial charge in [0.25, 0.3) is 5.91 Å². The molecule has 1 aromatic rings. The van der Waals surface area contributed by atoms with Crippen molar-refractivity contribution in [2.24, 2.45) is 5.92 Å². The van der Waals surface area contributed by atoms with Crippen LogP contribution in [0.1, 0.15) is 30.6 Å². The van der Waals surface area contributed by atoms with Crippen molar-refractivity contribution >= 4 is 17.5 Å². The Hall–Kier alpha value is -2.04. The first-order valence-corrected chi connectivity index (χ1v) is 6.24. The normalized spacial score (nSPS) is 11.6. The van der Waals surface area contributed by atoms with Crippen molar-refractivity contribution in [3.05, 3.63) is 23.8 Å². The van der Waals surface area contributed by atoms with Crippen molar-refractivity contribution in [1.29, 1.82) is 0 Å². The fourth-order valence-corrected chi connectivity index (χ4v) is 1.52. The SMILES string of the molecule is CCC(C)C(=O)Nc1ccc(OC)cc1C(=O)NC. The van der Waals surface area contributed by atoms with Crippen LogP contribution in [0.5, 0.6) is 5.75 Å². The molecule has 2 amide bonds. The van der Waals surface area contributed by atoms with E-state index in [4.69, 9.17) is 4.74 Å². The summed E-state index contributed by atoms with van der Waals surface area (Å²) in [5.74, 6) is 0.107.